The van der Waals surface area contributed by atoms with E-state index in [9.17, 15) is 9.59 Å². The molecule has 2 aromatic rings. The molecule has 0 spiro atoms. The Morgan fingerprint density at radius 1 is 1.04 bits per heavy atom. The predicted octanol–water partition coefficient (Wildman–Crippen LogP) is 3.12. The fourth-order valence-electron chi connectivity index (χ4n) is 1.80. The molecule has 2 amide bonds. The van der Waals surface area contributed by atoms with Gasteiger partial charge in [0.15, 0.2) is 5.11 Å². The summed E-state index contributed by atoms with van der Waals surface area (Å²) in [5.41, 5.74) is 6.59. The Morgan fingerprint density at radius 3 is 2.43 bits per heavy atom. The number of rotatable bonds is 3. The number of nitrogens with two attached hydrogens (primary N) is 1. The summed E-state index contributed by atoms with van der Waals surface area (Å²) in [7, 11) is 0. The normalized spacial score (nSPS) is 10.0. The van der Waals surface area contributed by atoms with E-state index in [2.05, 4.69) is 55.8 Å². The standard InChI is InChI=1S/C15H11I2N3O2S/c16-8-5-6-11(17)10(7-8)14(22)20-15(23)19-12-4-2-1-3-9(12)13(18)21/h1-7H,(H2,18,21)(H2,19,20,22,23). The number of halogens is 2. The van der Waals surface area contributed by atoms with E-state index in [0.29, 0.717) is 16.8 Å². The van der Waals surface area contributed by atoms with Crippen LogP contribution in [0.25, 0.3) is 0 Å². The van der Waals surface area contributed by atoms with Gasteiger partial charge in [0.1, 0.15) is 0 Å². The van der Waals surface area contributed by atoms with Crippen LogP contribution in [0.3, 0.4) is 0 Å². The maximum absolute atomic E-state index is 12.3. The molecule has 118 valence electrons. The van der Waals surface area contributed by atoms with E-state index in [1.54, 1.807) is 30.3 Å². The van der Waals surface area contributed by atoms with Crippen molar-refractivity contribution in [2.45, 2.75) is 0 Å². The first-order valence-corrected chi connectivity index (χ1v) is 8.91. The van der Waals surface area contributed by atoms with E-state index >= 15 is 0 Å². The number of nitrogens with one attached hydrogen (secondary N) is 2. The maximum atomic E-state index is 12.3. The van der Waals surface area contributed by atoms with Gasteiger partial charge < -0.3 is 11.1 Å². The minimum Gasteiger partial charge on any atom is -0.366 e. The van der Waals surface area contributed by atoms with E-state index in [4.69, 9.17) is 18.0 Å². The van der Waals surface area contributed by atoms with Gasteiger partial charge in [-0.1, -0.05) is 12.1 Å². The lowest BCUT2D eigenvalue weighted by molar-refractivity contribution is 0.0974. The molecular weight excluding hydrogens is 540 g/mol. The van der Waals surface area contributed by atoms with Gasteiger partial charge in [0, 0.05) is 7.14 Å². The average Bonchev–Trinajstić information content (AvgIpc) is 2.49. The largest absolute Gasteiger partial charge is 0.366 e. The van der Waals surface area contributed by atoms with Crippen LogP contribution >= 0.6 is 57.4 Å². The Labute approximate surface area is 165 Å². The molecule has 0 saturated carbocycles. The first kappa shape index (κ1) is 18.1. The lowest BCUT2D eigenvalue weighted by atomic mass is 10.1. The van der Waals surface area contributed by atoms with Crippen molar-refractivity contribution in [2.75, 3.05) is 5.32 Å². The lowest BCUT2D eigenvalue weighted by Gasteiger charge is -2.12. The van der Waals surface area contributed by atoms with Crippen molar-refractivity contribution in [3.8, 4) is 0 Å². The summed E-state index contributed by atoms with van der Waals surface area (Å²) in [6.45, 7) is 0. The molecule has 0 fully saturated rings. The van der Waals surface area contributed by atoms with E-state index in [-0.39, 0.29) is 11.0 Å². The monoisotopic (exact) mass is 551 g/mol. The summed E-state index contributed by atoms with van der Waals surface area (Å²) < 4.78 is 1.77. The molecule has 0 aliphatic carbocycles. The van der Waals surface area contributed by atoms with Crippen molar-refractivity contribution < 1.29 is 9.59 Å². The van der Waals surface area contributed by atoms with Gasteiger partial charge in [-0.15, -0.1) is 0 Å². The Hall–Kier alpha value is -1.27. The van der Waals surface area contributed by atoms with Crippen LogP contribution in [0.15, 0.2) is 42.5 Å². The van der Waals surface area contributed by atoms with Crippen LogP contribution in [0.2, 0.25) is 0 Å². The number of carbonyl (C=O) groups excluding carboxylic acids is 2. The van der Waals surface area contributed by atoms with Crippen molar-refractivity contribution in [1.82, 2.24) is 5.32 Å². The minimum absolute atomic E-state index is 0.0957. The van der Waals surface area contributed by atoms with Crippen molar-refractivity contribution in [1.29, 1.82) is 0 Å². The number of hydrogen-bond donors (Lipinski definition) is 3. The van der Waals surface area contributed by atoms with Crippen LogP contribution in [0, 0.1) is 7.14 Å². The topological polar surface area (TPSA) is 84.2 Å². The molecule has 0 heterocycles. The SMILES string of the molecule is NC(=O)c1ccccc1NC(=S)NC(=O)c1cc(I)ccc1I. The summed E-state index contributed by atoms with van der Waals surface area (Å²) in [5, 5.41) is 5.52. The molecule has 0 unspecified atom stereocenters. The number of benzene rings is 2. The van der Waals surface area contributed by atoms with Gasteiger partial charge in [-0.05, 0) is 87.7 Å². The zero-order valence-corrected chi connectivity index (χ0v) is 16.7. The second-order valence-corrected chi connectivity index (χ2v) is 7.26. The first-order valence-electron chi connectivity index (χ1n) is 6.34. The average molecular weight is 551 g/mol. The van der Waals surface area contributed by atoms with E-state index in [1.807, 2.05) is 12.1 Å². The van der Waals surface area contributed by atoms with Gasteiger partial charge in [-0.25, -0.2) is 0 Å². The molecule has 23 heavy (non-hydrogen) atoms. The van der Waals surface area contributed by atoms with Crippen molar-refractivity contribution in [2.24, 2.45) is 5.73 Å². The second-order valence-electron chi connectivity index (χ2n) is 4.44. The molecule has 0 saturated heterocycles. The molecule has 0 radical (unpaired) electrons. The molecule has 8 heteroatoms. The summed E-state index contributed by atoms with van der Waals surface area (Å²) >= 11 is 9.36. The van der Waals surface area contributed by atoms with Gasteiger partial charge in [0.25, 0.3) is 11.8 Å². The Bertz CT molecular complexity index is 796. The highest BCUT2D eigenvalue weighted by Gasteiger charge is 2.14. The zero-order valence-electron chi connectivity index (χ0n) is 11.6. The van der Waals surface area contributed by atoms with Crippen molar-refractivity contribution >= 4 is 80.0 Å². The third-order valence-electron chi connectivity index (χ3n) is 2.84. The van der Waals surface area contributed by atoms with Gasteiger partial charge in [0.05, 0.1) is 16.8 Å². The fraction of sp³-hybridized carbons (Fsp3) is 0. The third kappa shape index (κ3) is 4.85. The minimum atomic E-state index is -0.575. The molecule has 0 aromatic heterocycles. The maximum Gasteiger partial charge on any atom is 0.258 e. The van der Waals surface area contributed by atoms with Gasteiger partial charge >= 0.3 is 0 Å². The first-order chi connectivity index (χ1) is 10.9. The summed E-state index contributed by atoms with van der Waals surface area (Å²) in [6, 6.07) is 12.2. The van der Waals surface area contributed by atoms with Crippen LogP contribution in [0.5, 0.6) is 0 Å². The summed E-state index contributed by atoms with van der Waals surface area (Å²) in [5.74, 6) is -0.892. The third-order valence-corrected chi connectivity index (χ3v) is 4.66. The summed E-state index contributed by atoms with van der Waals surface area (Å²) in [6.07, 6.45) is 0. The van der Waals surface area contributed by atoms with E-state index in [0.717, 1.165) is 7.14 Å². The molecule has 0 atom stereocenters. The van der Waals surface area contributed by atoms with Crippen LogP contribution in [-0.4, -0.2) is 16.9 Å². The van der Waals surface area contributed by atoms with Crippen molar-refractivity contribution in [3.05, 3.63) is 60.7 Å². The number of para-hydroxylation sites is 1. The highest BCUT2D eigenvalue weighted by molar-refractivity contribution is 14.1. The molecule has 0 aliphatic rings. The number of primary amides is 1. The fourth-order valence-corrected chi connectivity index (χ4v) is 3.08. The Balaban J connectivity index is 2.12. The van der Waals surface area contributed by atoms with Gasteiger partial charge in [-0.2, -0.15) is 0 Å². The van der Waals surface area contributed by atoms with Crippen LogP contribution in [0.4, 0.5) is 5.69 Å². The van der Waals surface area contributed by atoms with E-state index in [1.165, 1.54) is 0 Å². The van der Waals surface area contributed by atoms with Crippen LogP contribution in [-0.2, 0) is 0 Å². The van der Waals surface area contributed by atoms with Crippen LogP contribution < -0.4 is 16.4 Å². The van der Waals surface area contributed by atoms with Crippen molar-refractivity contribution in [3.63, 3.8) is 0 Å². The van der Waals surface area contributed by atoms with E-state index < -0.39 is 5.91 Å². The van der Waals surface area contributed by atoms with Crippen LogP contribution in [0.1, 0.15) is 20.7 Å². The zero-order chi connectivity index (χ0) is 17.0. The molecule has 4 N–H and O–H groups in total. The molecule has 5 nitrogen and oxygen atoms in total. The number of anilines is 1. The molecule has 0 aliphatic heterocycles. The number of amides is 2. The lowest BCUT2D eigenvalue weighted by Crippen LogP contribution is -2.35. The quantitative estimate of drug-likeness (QED) is 0.405. The molecular formula is C15H11I2N3O2S. The highest BCUT2D eigenvalue weighted by Crippen LogP contribution is 2.17. The van der Waals surface area contributed by atoms with Gasteiger partial charge in [0.2, 0.25) is 0 Å². The Kier molecular flexibility index (Phi) is 6.30. The predicted molar refractivity (Wildman–Crippen MR) is 111 cm³/mol. The van der Waals surface area contributed by atoms with Gasteiger partial charge in [-0.3, -0.25) is 14.9 Å². The second kappa shape index (κ2) is 8.02. The number of hydrogen-bond acceptors (Lipinski definition) is 3. The number of carbonyl (C=O) groups is 2. The molecule has 2 aromatic carbocycles. The highest BCUT2D eigenvalue weighted by atomic mass is 127. The molecule has 2 rings (SSSR count). The molecule has 0 bridgehead atoms. The smallest absolute Gasteiger partial charge is 0.258 e. The summed E-state index contributed by atoms with van der Waals surface area (Å²) in [4.78, 5) is 23.7. The Morgan fingerprint density at radius 2 is 1.74 bits per heavy atom. The number of thiocarbonyl (C=S) groups is 1.